The van der Waals surface area contributed by atoms with Crippen LogP contribution in [-0.2, 0) is 9.84 Å². The summed E-state index contributed by atoms with van der Waals surface area (Å²) in [6.07, 6.45) is 0. The van der Waals surface area contributed by atoms with Crippen molar-refractivity contribution in [1.29, 1.82) is 0 Å². The van der Waals surface area contributed by atoms with Gasteiger partial charge < -0.3 is 15.4 Å². The topological polar surface area (TPSA) is 116 Å². The molecule has 0 spiro atoms. The average Bonchev–Trinajstić information content (AvgIpc) is 2.70. The summed E-state index contributed by atoms with van der Waals surface area (Å²) in [5, 5.41) is 12.3. The highest BCUT2D eigenvalue weighted by atomic mass is 32.2. The summed E-state index contributed by atoms with van der Waals surface area (Å²) in [5.41, 5.74) is 0.493. The lowest BCUT2D eigenvalue weighted by atomic mass is 10.1. The Morgan fingerprint density at radius 3 is 2.43 bits per heavy atom. The molecule has 8 heteroatoms. The monoisotopic (exact) mass is 398 g/mol. The Morgan fingerprint density at radius 1 is 1.07 bits per heavy atom. The van der Waals surface area contributed by atoms with Crippen molar-refractivity contribution in [3.63, 3.8) is 0 Å². The normalized spacial score (nSPS) is 11.2. The fourth-order valence-corrected chi connectivity index (χ4v) is 3.51. The number of sulfone groups is 1. The van der Waals surface area contributed by atoms with Crippen LogP contribution in [0.5, 0.6) is 5.75 Å². The maximum Gasteiger partial charge on any atom is 0.261 e. The SMILES string of the molecule is CCS(=O)(=O)c1ccc(O)c(NC(=O)c2ccc(-c3ccccc3)[nH]c2=O)c1. The minimum Gasteiger partial charge on any atom is -0.506 e. The van der Waals surface area contributed by atoms with E-state index in [0.29, 0.717) is 5.69 Å². The number of phenolic OH excluding ortho intramolecular Hbond substituents is 1. The first kappa shape index (κ1) is 19.4. The standard InChI is InChI=1S/C20H18N2O5S/c1-2-28(26,27)14-8-11-18(23)17(12-14)22-20(25)15-9-10-16(21-19(15)24)13-6-4-3-5-7-13/h3-12,23H,2H2,1H3,(H,21,24)(H,22,25). The van der Waals surface area contributed by atoms with Gasteiger partial charge in [0.1, 0.15) is 11.3 Å². The van der Waals surface area contributed by atoms with Crippen LogP contribution in [-0.4, -0.2) is 30.2 Å². The molecule has 0 atom stereocenters. The molecule has 1 aromatic heterocycles. The van der Waals surface area contributed by atoms with Gasteiger partial charge in [0.2, 0.25) is 0 Å². The summed E-state index contributed by atoms with van der Waals surface area (Å²) < 4.78 is 24.0. The van der Waals surface area contributed by atoms with Crippen molar-refractivity contribution in [3.05, 3.63) is 76.6 Å². The molecule has 0 bridgehead atoms. The highest BCUT2D eigenvalue weighted by Gasteiger charge is 2.17. The van der Waals surface area contributed by atoms with Crippen molar-refractivity contribution in [2.45, 2.75) is 11.8 Å². The van der Waals surface area contributed by atoms with E-state index in [1.54, 1.807) is 6.07 Å². The highest BCUT2D eigenvalue weighted by Crippen LogP contribution is 2.27. The Morgan fingerprint density at radius 2 is 1.79 bits per heavy atom. The van der Waals surface area contributed by atoms with Crippen LogP contribution in [0.3, 0.4) is 0 Å². The molecule has 1 heterocycles. The molecular weight excluding hydrogens is 380 g/mol. The van der Waals surface area contributed by atoms with Crippen LogP contribution in [0.2, 0.25) is 0 Å². The average molecular weight is 398 g/mol. The molecule has 144 valence electrons. The number of aromatic amines is 1. The predicted molar refractivity (Wildman–Crippen MR) is 106 cm³/mol. The second kappa shape index (κ2) is 7.69. The van der Waals surface area contributed by atoms with Crippen LogP contribution in [0.15, 0.2) is 70.4 Å². The van der Waals surface area contributed by atoms with Gasteiger partial charge >= 0.3 is 0 Å². The number of nitrogens with one attached hydrogen (secondary N) is 2. The number of amides is 1. The number of aromatic hydroxyl groups is 1. The molecule has 1 amide bonds. The molecule has 0 radical (unpaired) electrons. The lowest BCUT2D eigenvalue weighted by Crippen LogP contribution is -2.23. The van der Waals surface area contributed by atoms with E-state index in [-0.39, 0.29) is 27.6 Å². The van der Waals surface area contributed by atoms with E-state index in [1.807, 2.05) is 30.3 Å². The number of carbonyl (C=O) groups excluding carboxylic acids is 1. The van der Waals surface area contributed by atoms with E-state index >= 15 is 0 Å². The van der Waals surface area contributed by atoms with Crippen LogP contribution in [0, 0.1) is 0 Å². The molecule has 0 aliphatic heterocycles. The minimum absolute atomic E-state index is 0.0311. The molecule has 7 nitrogen and oxygen atoms in total. The first-order valence-corrected chi connectivity index (χ1v) is 10.1. The molecular formula is C20H18N2O5S. The zero-order valence-corrected chi connectivity index (χ0v) is 15.8. The van der Waals surface area contributed by atoms with Gasteiger partial charge in [0.25, 0.3) is 11.5 Å². The molecule has 3 rings (SSSR count). The molecule has 0 aliphatic rings. The molecule has 3 aromatic rings. The zero-order valence-electron chi connectivity index (χ0n) is 15.0. The van der Waals surface area contributed by atoms with Crippen LogP contribution < -0.4 is 10.9 Å². The van der Waals surface area contributed by atoms with Crippen molar-refractivity contribution in [2.24, 2.45) is 0 Å². The second-order valence-electron chi connectivity index (χ2n) is 6.02. The third-order valence-electron chi connectivity index (χ3n) is 4.19. The largest absolute Gasteiger partial charge is 0.506 e. The molecule has 2 aromatic carbocycles. The van der Waals surface area contributed by atoms with Gasteiger partial charge in [-0.1, -0.05) is 37.3 Å². The Labute approximate surface area is 161 Å². The molecule has 3 N–H and O–H groups in total. The Balaban J connectivity index is 1.90. The first-order chi connectivity index (χ1) is 13.3. The second-order valence-corrected chi connectivity index (χ2v) is 8.30. The van der Waals surface area contributed by atoms with E-state index in [2.05, 4.69) is 10.3 Å². The summed E-state index contributed by atoms with van der Waals surface area (Å²) >= 11 is 0. The van der Waals surface area contributed by atoms with E-state index in [1.165, 1.54) is 31.2 Å². The third-order valence-corrected chi connectivity index (χ3v) is 5.93. The lowest BCUT2D eigenvalue weighted by molar-refractivity contribution is 0.102. The fraction of sp³-hybridized carbons (Fsp3) is 0.100. The summed E-state index contributed by atoms with van der Waals surface area (Å²) in [6, 6.07) is 15.7. The van der Waals surface area contributed by atoms with Gasteiger partial charge in [-0.2, -0.15) is 0 Å². The van der Waals surface area contributed by atoms with Crippen molar-refractivity contribution < 1.29 is 18.3 Å². The number of aromatic nitrogens is 1. The van der Waals surface area contributed by atoms with Gasteiger partial charge in [0.05, 0.1) is 16.3 Å². The number of H-pyrrole nitrogens is 1. The molecule has 0 saturated carbocycles. The summed E-state index contributed by atoms with van der Waals surface area (Å²) in [5.74, 6) is -1.19. The lowest BCUT2D eigenvalue weighted by Gasteiger charge is -2.10. The zero-order chi connectivity index (χ0) is 20.3. The fourth-order valence-electron chi connectivity index (χ4n) is 2.60. The maximum atomic E-state index is 12.5. The summed E-state index contributed by atoms with van der Waals surface area (Å²) in [4.78, 5) is 27.4. The predicted octanol–water partition coefficient (Wildman–Crippen LogP) is 2.79. The molecule has 0 unspecified atom stereocenters. The van der Waals surface area contributed by atoms with E-state index in [0.717, 1.165) is 5.56 Å². The Bertz CT molecular complexity index is 1180. The number of carbonyl (C=O) groups is 1. The first-order valence-electron chi connectivity index (χ1n) is 8.47. The molecule has 28 heavy (non-hydrogen) atoms. The van der Waals surface area contributed by atoms with Gasteiger partial charge in [-0.25, -0.2) is 8.42 Å². The summed E-state index contributed by atoms with van der Waals surface area (Å²) in [6.45, 7) is 1.49. The number of phenols is 1. The van der Waals surface area contributed by atoms with Gasteiger partial charge in [0, 0.05) is 5.69 Å². The van der Waals surface area contributed by atoms with Crippen LogP contribution in [0.4, 0.5) is 5.69 Å². The van der Waals surface area contributed by atoms with E-state index in [9.17, 15) is 23.1 Å². The molecule has 0 fully saturated rings. The van der Waals surface area contributed by atoms with Crippen LogP contribution in [0.25, 0.3) is 11.3 Å². The minimum atomic E-state index is -3.51. The third kappa shape index (κ3) is 3.96. The smallest absolute Gasteiger partial charge is 0.261 e. The van der Waals surface area contributed by atoms with Crippen molar-refractivity contribution in [2.75, 3.05) is 11.1 Å². The van der Waals surface area contributed by atoms with Crippen LogP contribution >= 0.6 is 0 Å². The Hall–Kier alpha value is -3.39. The van der Waals surface area contributed by atoms with E-state index < -0.39 is 21.3 Å². The van der Waals surface area contributed by atoms with Crippen molar-refractivity contribution >= 4 is 21.4 Å². The van der Waals surface area contributed by atoms with Crippen molar-refractivity contribution in [3.8, 4) is 17.0 Å². The molecule has 0 aliphatic carbocycles. The number of hydrogen-bond donors (Lipinski definition) is 3. The number of rotatable bonds is 5. The van der Waals surface area contributed by atoms with Gasteiger partial charge in [-0.15, -0.1) is 0 Å². The van der Waals surface area contributed by atoms with Gasteiger partial charge in [-0.3, -0.25) is 9.59 Å². The van der Waals surface area contributed by atoms with Crippen molar-refractivity contribution in [1.82, 2.24) is 4.98 Å². The Kier molecular flexibility index (Phi) is 5.32. The quantitative estimate of drug-likeness (QED) is 0.572. The highest BCUT2D eigenvalue weighted by molar-refractivity contribution is 7.91. The van der Waals surface area contributed by atoms with Crippen LogP contribution in [0.1, 0.15) is 17.3 Å². The summed E-state index contributed by atoms with van der Waals surface area (Å²) in [7, 11) is -3.51. The number of anilines is 1. The van der Waals surface area contributed by atoms with Gasteiger partial charge in [-0.05, 0) is 35.9 Å². The number of benzene rings is 2. The molecule has 0 saturated heterocycles. The maximum absolute atomic E-state index is 12.5. The van der Waals surface area contributed by atoms with Gasteiger partial charge in [0.15, 0.2) is 9.84 Å². The number of pyridine rings is 1. The number of hydrogen-bond acceptors (Lipinski definition) is 5. The van der Waals surface area contributed by atoms with E-state index in [4.69, 9.17) is 0 Å².